The van der Waals surface area contributed by atoms with Gasteiger partial charge in [-0.3, -0.25) is 4.79 Å². The van der Waals surface area contributed by atoms with Gasteiger partial charge in [0.2, 0.25) is 0 Å². The van der Waals surface area contributed by atoms with Crippen molar-refractivity contribution in [1.29, 1.82) is 0 Å². The van der Waals surface area contributed by atoms with Crippen LogP contribution >= 0.6 is 0 Å². The van der Waals surface area contributed by atoms with Gasteiger partial charge in [0.15, 0.2) is 0 Å². The third-order valence-corrected chi connectivity index (χ3v) is 2.25. The van der Waals surface area contributed by atoms with E-state index >= 15 is 0 Å². The van der Waals surface area contributed by atoms with Crippen molar-refractivity contribution in [3.63, 3.8) is 0 Å². The fourth-order valence-corrected chi connectivity index (χ4v) is 1.44. The number of carboxylic acids is 1. The number of hydrogen-bond donors (Lipinski definition) is 2. The van der Waals surface area contributed by atoms with Crippen molar-refractivity contribution in [1.82, 2.24) is 5.32 Å². The van der Waals surface area contributed by atoms with Gasteiger partial charge in [0.05, 0.1) is 0 Å². The summed E-state index contributed by atoms with van der Waals surface area (Å²) in [4.78, 5) is 10.3. The van der Waals surface area contributed by atoms with Gasteiger partial charge in [-0.15, -0.1) is 0 Å². The van der Waals surface area contributed by atoms with E-state index in [0.29, 0.717) is 0 Å². The zero-order valence-corrected chi connectivity index (χ0v) is 8.78. The molecule has 0 aliphatic carbocycles. The SMILES string of the molecule is O=C(O)CCCCCC1=CC=CNC=C1. The number of aliphatic carboxylic acids is 1. The molecule has 1 rings (SSSR count). The van der Waals surface area contributed by atoms with Crippen molar-refractivity contribution in [2.24, 2.45) is 0 Å². The number of nitrogens with one attached hydrogen (secondary N) is 1. The fourth-order valence-electron chi connectivity index (χ4n) is 1.44. The molecule has 1 aliphatic heterocycles. The van der Waals surface area contributed by atoms with Crippen LogP contribution in [0.5, 0.6) is 0 Å². The minimum absolute atomic E-state index is 0.288. The summed E-state index contributed by atoms with van der Waals surface area (Å²) < 4.78 is 0. The first-order valence-electron chi connectivity index (χ1n) is 5.29. The lowest BCUT2D eigenvalue weighted by atomic mass is 10.1. The van der Waals surface area contributed by atoms with Gasteiger partial charge >= 0.3 is 5.97 Å². The molecule has 0 aromatic heterocycles. The molecule has 15 heavy (non-hydrogen) atoms. The minimum atomic E-state index is -0.698. The maximum Gasteiger partial charge on any atom is 0.303 e. The first-order valence-corrected chi connectivity index (χ1v) is 5.29. The topological polar surface area (TPSA) is 49.3 Å². The summed E-state index contributed by atoms with van der Waals surface area (Å²) in [6, 6.07) is 0. The summed E-state index contributed by atoms with van der Waals surface area (Å²) in [6.45, 7) is 0. The molecule has 1 heterocycles. The van der Waals surface area contributed by atoms with E-state index < -0.39 is 5.97 Å². The Balaban J connectivity index is 2.11. The molecule has 0 amide bonds. The first-order chi connectivity index (χ1) is 7.29. The van der Waals surface area contributed by atoms with Crippen LogP contribution in [0.25, 0.3) is 0 Å². The third kappa shape index (κ3) is 5.73. The Morgan fingerprint density at radius 2 is 2.13 bits per heavy atom. The van der Waals surface area contributed by atoms with E-state index in [9.17, 15) is 4.79 Å². The lowest BCUT2D eigenvalue weighted by Crippen LogP contribution is -1.93. The second-order valence-corrected chi connectivity index (χ2v) is 3.56. The molecule has 0 fully saturated rings. The van der Waals surface area contributed by atoms with E-state index in [1.54, 1.807) is 0 Å². The Kier molecular flexibility index (Phi) is 5.30. The molecule has 2 N–H and O–H groups in total. The number of allylic oxidation sites excluding steroid dienone is 4. The van der Waals surface area contributed by atoms with E-state index in [1.165, 1.54) is 5.57 Å². The molecule has 0 radical (unpaired) electrons. The normalized spacial score (nSPS) is 14.3. The predicted molar refractivity (Wildman–Crippen MR) is 60.2 cm³/mol. The van der Waals surface area contributed by atoms with Crippen molar-refractivity contribution in [2.75, 3.05) is 0 Å². The molecule has 0 atom stereocenters. The molecule has 0 saturated heterocycles. The minimum Gasteiger partial charge on any atom is -0.481 e. The van der Waals surface area contributed by atoms with Gasteiger partial charge in [0.25, 0.3) is 0 Å². The monoisotopic (exact) mass is 207 g/mol. The highest BCUT2D eigenvalue weighted by Gasteiger charge is 1.98. The van der Waals surface area contributed by atoms with Crippen molar-refractivity contribution < 1.29 is 9.90 Å². The molecule has 0 aromatic rings. The van der Waals surface area contributed by atoms with E-state index in [4.69, 9.17) is 5.11 Å². The second-order valence-electron chi connectivity index (χ2n) is 3.56. The van der Waals surface area contributed by atoms with Crippen molar-refractivity contribution in [3.05, 3.63) is 36.2 Å². The van der Waals surface area contributed by atoms with Gasteiger partial charge in [0.1, 0.15) is 0 Å². The Hall–Kier alpha value is -1.51. The van der Waals surface area contributed by atoms with Gasteiger partial charge < -0.3 is 10.4 Å². The summed E-state index contributed by atoms with van der Waals surface area (Å²) in [5.41, 5.74) is 1.28. The molecule has 82 valence electrons. The number of hydrogen-bond acceptors (Lipinski definition) is 2. The van der Waals surface area contributed by atoms with E-state index in [1.807, 2.05) is 18.5 Å². The van der Waals surface area contributed by atoms with Gasteiger partial charge in [-0.1, -0.05) is 12.5 Å². The summed E-state index contributed by atoms with van der Waals surface area (Å²) in [7, 11) is 0. The summed E-state index contributed by atoms with van der Waals surface area (Å²) in [5.74, 6) is -0.698. The molecular weight excluding hydrogens is 190 g/mol. The van der Waals surface area contributed by atoms with Crippen LogP contribution < -0.4 is 5.32 Å². The Morgan fingerprint density at radius 3 is 2.93 bits per heavy atom. The quantitative estimate of drug-likeness (QED) is 0.658. The summed E-state index contributed by atoms with van der Waals surface area (Å²) >= 11 is 0. The summed E-state index contributed by atoms with van der Waals surface area (Å²) in [5, 5.41) is 11.5. The zero-order chi connectivity index (χ0) is 10.9. The molecule has 0 aromatic carbocycles. The third-order valence-electron chi connectivity index (χ3n) is 2.25. The molecule has 0 spiro atoms. The van der Waals surface area contributed by atoms with Gasteiger partial charge in [-0.05, 0) is 37.0 Å². The molecule has 0 unspecified atom stereocenters. The predicted octanol–water partition coefficient (Wildman–Crippen LogP) is 2.58. The van der Waals surface area contributed by atoms with E-state index in [-0.39, 0.29) is 6.42 Å². The van der Waals surface area contributed by atoms with Crippen LogP contribution in [0, 0.1) is 0 Å². The van der Waals surface area contributed by atoms with Crippen LogP contribution in [-0.2, 0) is 4.79 Å². The highest BCUT2D eigenvalue weighted by Crippen LogP contribution is 2.12. The van der Waals surface area contributed by atoms with Crippen LogP contribution in [0.15, 0.2) is 36.2 Å². The van der Waals surface area contributed by atoms with Gasteiger partial charge in [-0.25, -0.2) is 0 Å². The summed E-state index contributed by atoms with van der Waals surface area (Å²) in [6.07, 6.45) is 14.0. The molecule has 0 bridgehead atoms. The first kappa shape index (κ1) is 11.6. The number of carbonyl (C=O) groups is 1. The Morgan fingerprint density at radius 1 is 1.27 bits per heavy atom. The van der Waals surface area contributed by atoms with E-state index in [2.05, 4.69) is 17.5 Å². The van der Waals surface area contributed by atoms with Crippen LogP contribution in [0.1, 0.15) is 32.1 Å². The highest BCUT2D eigenvalue weighted by atomic mass is 16.4. The van der Waals surface area contributed by atoms with Crippen molar-refractivity contribution in [2.45, 2.75) is 32.1 Å². The fraction of sp³-hybridized carbons (Fsp3) is 0.417. The average Bonchev–Trinajstić information content (AvgIpc) is 2.45. The van der Waals surface area contributed by atoms with Gasteiger partial charge in [0, 0.05) is 18.8 Å². The standard InChI is InChI=1S/C12H17NO2/c14-12(15)7-3-1-2-5-11-6-4-9-13-10-8-11/h4,6,8-10,13H,1-3,5,7H2,(H,14,15). The molecule has 1 aliphatic rings. The van der Waals surface area contributed by atoms with Crippen molar-refractivity contribution in [3.8, 4) is 0 Å². The molecular formula is C12H17NO2. The van der Waals surface area contributed by atoms with Crippen molar-refractivity contribution >= 4 is 5.97 Å². The number of rotatable bonds is 6. The number of carboxylic acid groups (broad SMARTS) is 1. The average molecular weight is 207 g/mol. The zero-order valence-electron chi connectivity index (χ0n) is 8.78. The Bertz CT molecular complexity index is 290. The molecule has 0 saturated carbocycles. The molecule has 3 nitrogen and oxygen atoms in total. The van der Waals surface area contributed by atoms with Gasteiger partial charge in [-0.2, -0.15) is 0 Å². The molecule has 3 heteroatoms. The second kappa shape index (κ2) is 6.87. The van der Waals surface area contributed by atoms with Crippen LogP contribution in [0.2, 0.25) is 0 Å². The lowest BCUT2D eigenvalue weighted by Gasteiger charge is -2.00. The maximum atomic E-state index is 10.3. The lowest BCUT2D eigenvalue weighted by molar-refractivity contribution is -0.137. The van der Waals surface area contributed by atoms with Crippen LogP contribution in [0.3, 0.4) is 0 Å². The van der Waals surface area contributed by atoms with Crippen LogP contribution in [0.4, 0.5) is 0 Å². The smallest absolute Gasteiger partial charge is 0.303 e. The van der Waals surface area contributed by atoms with E-state index in [0.717, 1.165) is 25.7 Å². The van der Waals surface area contributed by atoms with Crippen LogP contribution in [-0.4, -0.2) is 11.1 Å². The highest BCUT2D eigenvalue weighted by molar-refractivity contribution is 5.66. The number of unbranched alkanes of at least 4 members (excludes halogenated alkanes) is 2. The maximum absolute atomic E-state index is 10.3. The largest absolute Gasteiger partial charge is 0.481 e. The Labute approximate surface area is 90.2 Å².